The molecule has 0 spiro atoms. The standard InChI is InChI=1S/C11H13FO3/c1-6-3-8(4-7(2)11(14)15)5-9(13)10(6)12/h3,5,7,13H,4H2,1-2H3,(H,14,15). The normalized spacial score (nSPS) is 12.5. The zero-order valence-electron chi connectivity index (χ0n) is 8.62. The van der Waals surface area contributed by atoms with Gasteiger partial charge in [0.2, 0.25) is 0 Å². The smallest absolute Gasteiger partial charge is 0.306 e. The highest BCUT2D eigenvalue weighted by Gasteiger charge is 2.14. The Hall–Kier alpha value is -1.58. The lowest BCUT2D eigenvalue weighted by Crippen LogP contribution is -2.12. The zero-order valence-corrected chi connectivity index (χ0v) is 8.62. The summed E-state index contributed by atoms with van der Waals surface area (Å²) < 4.78 is 13.0. The number of hydrogen-bond donors (Lipinski definition) is 2. The molecule has 4 heteroatoms. The van der Waals surface area contributed by atoms with E-state index in [9.17, 15) is 14.3 Å². The van der Waals surface area contributed by atoms with Gasteiger partial charge in [-0.15, -0.1) is 0 Å². The van der Waals surface area contributed by atoms with Crippen molar-refractivity contribution in [2.45, 2.75) is 20.3 Å². The highest BCUT2D eigenvalue weighted by Crippen LogP contribution is 2.22. The third kappa shape index (κ3) is 2.68. The maximum Gasteiger partial charge on any atom is 0.306 e. The fourth-order valence-electron chi connectivity index (χ4n) is 1.38. The van der Waals surface area contributed by atoms with Crippen LogP contribution in [0, 0.1) is 18.7 Å². The molecule has 1 rings (SSSR count). The zero-order chi connectivity index (χ0) is 11.6. The van der Waals surface area contributed by atoms with Crippen LogP contribution in [0.2, 0.25) is 0 Å². The molecule has 15 heavy (non-hydrogen) atoms. The molecule has 1 unspecified atom stereocenters. The fourth-order valence-corrected chi connectivity index (χ4v) is 1.38. The second-order valence-electron chi connectivity index (χ2n) is 3.69. The van der Waals surface area contributed by atoms with E-state index in [1.807, 2.05) is 0 Å². The summed E-state index contributed by atoms with van der Waals surface area (Å²) in [5, 5.41) is 17.9. The summed E-state index contributed by atoms with van der Waals surface area (Å²) in [4.78, 5) is 10.6. The maximum absolute atomic E-state index is 13.0. The van der Waals surface area contributed by atoms with Gasteiger partial charge in [0, 0.05) is 0 Å². The number of phenolic OH excluding ortho intramolecular Hbond substituents is 1. The number of rotatable bonds is 3. The summed E-state index contributed by atoms with van der Waals surface area (Å²) in [6.45, 7) is 3.10. The molecule has 0 saturated heterocycles. The molecule has 2 N–H and O–H groups in total. The van der Waals surface area contributed by atoms with Crippen LogP contribution in [0.4, 0.5) is 4.39 Å². The Morgan fingerprint density at radius 3 is 2.60 bits per heavy atom. The van der Waals surface area contributed by atoms with E-state index >= 15 is 0 Å². The number of benzene rings is 1. The van der Waals surface area contributed by atoms with Crippen molar-refractivity contribution in [1.82, 2.24) is 0 Å². The lowest BCUT2D eigenvalue weighted by molar-refractivity contribution is -0.141. The van der Waals surface area contributed by atoms with Gasteiger partial charge in [0.05, 0.1) is 5.92 Å². The SMILES string of the molecule is Cc1cc(CC(C)C(=O)O)cc(O)c1F. The average molecular weight is 212 g/mol. The monoisotopic (exact) mass is 212 g/mol. The molecule has 0 aliphatic carbocycles. The third-order valence-electron chi connectivity index (χ3n) is 2.26. The van der Waals surface area contributed by atoms with Crippen LogP contribution in [0.3, 0.4) is 0 Å². The summed E-state index contributed by atoms with van der Waals surface area (Å²) in [5.74, 6) is -2.53. The third-order valence-corrected chi connectivity index (χ3v) is 2.26. The molecule has 0 radical (unpaired) electrons. The quantitative estimate of drug-likeness (QED) is 0.806. The highest BCUT2D eigenvalue weighted by molar-refractivity contribution is 5.69. The van der Waals surface area contributed by atoms with E-state index in [0.717, 1.165) is 0 Å². The van der Waals surface area contributed by atoms with Gasteiger partial charge >= 0.3 is 5.97 Å². The molecule has 0 aliphatic rings. The number of halogens is 1. The van der Waals surface area contributed by atoms with Gasteiger partial charge < -0.3 is 10.2 Å². The van der Waals surface area contributed by atoms with Gasteiger partial charge in [-0.25, -0.2) is 4.39 Å². The lowest BCUT2D eigenvalue weighted by Gasteiger charge is -2.08. The largest absolute Gasteiger partial charge is 0.505 e. The Balaban J connectivity index is 2.92. The topological polar surface area (TPSA) is 57.5 Å². The van der Waals surface area contributed by atoms with E-state index in [1.54, 1.807) is 13.0 Å². The first-order valence-electron chi connectivity index (χ1n) is 4.62. The maximum atomic E-state index is 13.0. The molecular weight excluding hydrogens is 199 g/mol. The van der Waals surface area contributed by atoms with Gasteiger partial charge in [0.25, 0.3) is 0 Å². The molecule has 3 nitrogen and oxygen atoms in total. The number of carboxylic acid groups (broad SMARTS) is 1. The second-order valence-corrected chi connectivity index (χ2v) is 3.69. The molecule has 0 fully saturated rings. The molecule has 0 heterocycles. The van der Waals surface area contributed by atoms with Crippen molar-refractivity contribution in [2.75, 3.05) is 0 Å². The first-order chi connectivity index (χ1) is 6.91. The van der Waals surface area contributed by atoms with E-state index in [-0.39, 0.29) is 6.42 Å². The molecular formula is C11H13FO3. The Labute approximate surface area is 87.2 Å². The van der Waals surface area contributed by atoms with E-state index < -0.39 is 23.5 Å². The minimum absolute atomic E-state index is 0.282. The van der Waals surface area contributed by atoms with E-state index in [0.29, 0.717) is 11.1 Å². The molecule has 0 aromatic heterocycles. The number of aliphatic carboxylic acids is 1. The molecule has 82 valence electrons. The van der Waals surface area contributed by atoms with Crippen molar-refractivity contribution in [3.63, 3.8) is 0 Å². The lowest BCUT2D eigenvalue weighted by atomic mass is 9.99. The van der Waals surface area contributed by atoms with Crippen molar-refractivity contribution in [1.29, 1.82) is 0 Å². The van der Waals surface area contributed by atoms with Crippen LogP contribution in [-0.2, 0) is 11.2 Å². The fraction of sp³-hybridized carbons (Fsp3) is 0.364. The number of aromatic hydroxyl groups is 1. The van der Waals surface area contributed by atoms with Crippen molar-refractivity contribution in [3.8, 4) is 5.75 Å². The summed E-state index contributed by atoms with van der Waals surface area (Å²) in [7, 11) is 0. The molecule has 1 aromatic carbocycles. The molecule has 1 atom stereocenters. The highest BCUT2D eigenvalue weighted by atomic mass is 19.1. The summed E-state index contributed by atoms with van der Waals surface area (Å²) in [5.41, 5.74) is 0.948. The summed E-state index contributed by atoms with van der Waals surface area (Å²) >= 11 is 0. The van der Waals surface area contributed by atoms with Crippen LogP contribution in [0.15, 0.2) is 12.1 Å². The molecule has 1 aromatic rings. The minimum atomic E-state index is -0.906. The Morgan fingerprint density at radius 2 is 2.13 bits per heavy atom. The van der Waals surface area contributed by atoms with Gasteiger partial charge in [-0.05, 0) is 30.5 Å². The Bertz CT molecular complexity index is 364. The summed E-state index contributed by atoms with van der Waals surface area (Å²) in [6.07, 6.45) is 0.282. The molecule has 0 bridgehead atoms. The van der Waals surface area contributed by atoms with Gasteiger partial charge in [-0.2, -0.15) is 0 Å². The first kappa shape index (κ1) is 11.5. The van der Waals surface area contributed by atoms with Gasteiger partial charge in [0.1, 0.15) is 0 Å². The van der Waals surface area contributed by atoms with E-state index in [4.69, 9.17) is 5.11 Å². The first-order valence-corrected chi connectivity index (χ1v) is 4.62. The van der Waals surface area contributed by atoms with E-state index in [2.05, 4.69) is 0 Å². The Morgan fingerprint density at radius 1 is 1.53 bits per heavy atom. The Kier molecular flexibility index (Phi) is 3.29. The van der Waals surface area contributed by atoms with Crippen molar-refractivity contribution >= 4 is 5.97 Å². The predicted molar refractivity (Wildman–Crippen MR) is 53.3 cm³/mol. The number of phenols is 1. The van der Waals surface area contributed by atoms with Crippen LogP contribution in [-0.4, -0.2) is 16.2 Å². The van der Waals surface area contributed by atoms with Gasteiger partial charge in [-0.3, -0.25) is 4.79 Å². The average Bonchev–Trinajstić information content (AvgIpc) is 2.13. The van der Waals surface area contributed by atoms with Gasteiger partial charge in [0.15, 0.2) is 11.6 Å². The van der Waals surface area contributed by atoms with Crippen molar-refractivity contribution in [2.24, 2.45) is 5.92 Å². The van der Waals surface area contributed by atoms with Crippen LogP contribution in [0.1, 0.15) is 18.1 Å². The van der Waals surface area contributed by atoms with Crippen molar-refractivity contribution in [3.05, 3.63) is 29.1 Å². The number of carboxylic acids is 1. The number of aryl methyl sites for hydroxylation is 1. The minimum Gasteiger partial charge on any atom is -0.505 e. The van der Waals surface area contributed by atoms with Crippen LogP contribution >= 0.6 is 0 Å². The van der Waals surface area contributed by atoms with E-state index in [1.165, 1.54) is 13.0 Å². The predicted octanol–water partition coefficient (Wildman–Crippen LogP) is 2.10. The second kappa shape index (κ2) is 4.29. The van der Waals surface area contributed by atoms with Crippen LogP contribution < -0.4 is 0 Å². The van der Waals surface area contributed by atoms with Crippen LogP contribution in [0.25, 0.3) is 0 Å². The molecule has 0 aliphatic heterocycles. The summed E-state index contributed by atoms with van der Waals surface area (Å²) in [6, 6.07) is 2.82. The number of carbonyl (C=O) groups is 1. The van der Waals surface area contributed by atoms with Crippen LogP contribution in [0.5, 0.6) is 5.75 Å². The molecule has 0 amide bonds. The number of hydrogen-bond acceptors (Lipinski definition) is 2. The van der Waals surface area contributed by atoms with Gasteiger partial charge in [-0.1, -0.05) is 13.0 Å². The van der Waals surface area contributed by atoms with Crippen molar-refractivity contribution < 1.29 is 19.4 Å². The molecule has 0 saturated carbocycles.